The van der Waals surface area contributed by atoms with Crippen molar-refractivity contribution >= 4 is 11.3 Å². The summed E-state index contributed by atoms with van der Waals surface area (Å²) in [6.45, 7) is 11.2. The van der Waals surface area contributed by atoms with E-state index >= 15 is 0 Å². The van der Waals surface area contributed by atoms with Crippen molar-refractivity contribution in [3.8, 4) is 0 Å². The van der Waals surface area contributed by atoms with E-state index in [0.29, 0.717) is 0 Å². The Labute approximate surface area is 122 Å². The molecule has 0 aromatic carbocycles. The fraction of sp³-hybridized carbons (Fsp3) is 0.812. The van der Waals surface area contributed by atoms with Crippen LogP contribution in [-0.4, -0.2) is 11.5 Å². The molecule has 2 unspecified atom stereocenters. The second-order valence-electron chi connectivity index (χ2n) is 7.15. The molecule has 3 heteroatoms. The van der Waals surface area contributed by atoms with E-state index in [2.05, 4.69) is 38.4 Å². The van der Waals surface area contributed by atoms with E-state index in [9.17, 15) is 0 Å². The van der Waals surface area contributed by atoms with E-state index in [4.69, 9.17) is 4.98 Å². The van der Waals surface area contributed by atoms with Crippen LogP contribution in [0.1, 0.15) is 64.1 Å². The van der Waals surface area contributed by atoms with Crippen LogP contribution in [0.15, 0.2) is 5.38 Å². The molecule has 0 aliphatic heterocycles. The third-order valence-electron chi connectivity index (χ3n) is 4.07. The molecular weight excluding hydrogens is 252 g/mol. The lowest BCUT2D eigenvalue weighted by Crippen LogP contribution is -2.26. The molecule has 0 bridgehead atoms. The monoisotopic (exact) mass is 280 g/mol. The maximum absolute atomic E-state index is 4.74. The summed E-state index contributed by atoms with van der Waals surface area (Å²) in [5.41, 5.74) is 1.40. The third kappa shape index (κ3) is 4.57. The Morgan fingerprint density at radius 2 is 2.16 bits per heavy atom. The van der Waals surface area contributed by atoms with Gasteiger partial charge in [-0.2, -0.15) is 0 Å². The van der Waals surface area contributed by atoms with E-state index in [1.54, 1.807) is 11.3 Å². The molecule has 108 valence electrons. The Morgan fingerprint density at radius 3 is 2.79 bits per heavy atom. The van der Waals surface area contributed by atoms with Gasteiger partial charge in [0, 0.05) is 17.3 Å². The van der Waals surface area contributed by atoms with Gasteiger partial charge < -0.3 is 5.32 Å². The van der Waals surface area contributed by atoms with Crippen LogP contribution in [0, 0.1) is 11.8 Å². The molecule has 1 fully saturated rings. The molecule has 0 saturated heterocycles. The van der Waals surface area contributed by atoms with Crippen LogP contribution in [-0.2, 0) is 12.0 Å². The second-order valence-corrected chi connectivity index (χ2v) is 8.09. The predicted octanol–water partition coefficient (Wildman–Crippen LogP) is 4.36. The SMILES string of the molecule is CC1CCCC(CNCc2nc(C(C)(C)C)cs2)C1. The highest BCUT2D eigenvalue weighted by molar-refractivity contribution is 7.09. The van der Waals surface area contributed by atoms with E-state index in [1.165, 1.54) is 36.4 Å². The fourth-order valence-electron chi connectivity index (χ4n) is 2.86. The molecule has 1 aliphatic carbocycles. The van der Waals surface area contributed by atoms with E-state index < -0.39 is 0 Å². The van der Waals surface area contributed by atoms with Gasteiger partial charge in [-0.1, -0.05) is 40.5 Å². The van der Waals surface area contributed by atoms with Crippen LogP contribution in [0.3, 0.4) is 0 Å². The normalized spacial score (nSPS) is 24.6. The Hall–Kier alpha value is -0.410. The van der Waals surface area contributed by atoms with Crippen LogP contribution >= 0.6 is 11.3 Å². The number of rotatable bonds is 4. The van der Waals surface area contributed by atoms with Crippen molar-refractivity contribution < 1.29 is 0 Å². The molecule has 1 heterocycles. The molecule has 2 atom stereocenters. The van der Waals surface area contributed by atoms with Gasteiger partial charge in [-0.15, -0.1) is 11.3 Å². The maximum Gasteiger partial charge on any atom is 0.107 e. The summed E-state index contributed by atoms with van der Waals surface area (Å²) >= 11 is 1.79. The standard InChI is InChI=1S/C16H28N2S/c1-12-6-5-7-13(8-12)9-17-10-15-18-14(11-19-15)16(2,3)4/h11-13,17H,5-10H2,1-4H3. The molecule has 2 rings (SSSR count). The Morgan fingerprint density at radius 1 is 1.37 bits per heavy atom. The Balaban J connectivity index is 1.75. The van der Waals surface area contributed by atoms with Crippen LogP contribution < -0.4 is 5.32 Å². The van der Waals surface area contributed by atoms with Crippen molar-refractivity contribution in [2.24, 2.45) is 11.8 Å². The van der Waals surface area contributed by atoms with Gasteiger partial charge in [-0.25, -0.2) is 4.98 Å². The summed E-state index contributed by atoms with van der Waals surface area (Å²) in [5.74, 6) is 1.80. The first-order valence-electron chi connectivity index (χ1n) is 7.60. The van der Waals surface area contributed by atoms with E-state index in [1.807, 2.05) is 0 Å². The summed E-state index contributed by atoms with van der Waals surface area (Å²) in [4.78, 5) is 4.74. The van der Waals surface area contributed by atoms with Crippen LogP contribution in [0.25, 0.3) is 0 Å². The minimum Gasteiger partial charge on any atom is -0.310 e. The second kappa shape index (κ2) is 6.36. The average molecular weight is 280 g/mol. The van der Waals surface area contributed by atoms with Gasteiger partial charge in [0.05, 0.1) is 5.69 Å². The zero-order chi connectivity index (χ0) is 13.9. The highest BCUT2D eigenvalue weighted by Crippen LogP contribution is 2.28. The van der Waals surface area contributed by atoms with E-state index in [0.717, 1.165) is 24.9 Å². The van der Waals surface area contributed by atoms with Crippen LogP contribution in [0.2, 0.25) is 0 Å². The summed E-state index contributed by atoms with van der Waals surface area (Å²) in [5, 5.41) is 7.04. The molecule has 1 N–H and O–H groups in total. The first kappa shape index (κ1) is 15.0. The Bertz CT molecular complexity index is 392. The van der Waals surface area contributed by atoms with E-state index in [-0.39, 0.29) is 5.41 Å². The van der Waals surface area contributed by atoms with Gasteiger partial charge >= 0.3 is 0 Å². The van der Waals surface area contributed by atoms with Gasteiger partial charge in [0.2, 0.25) is 0 Å². The maximum atomic E-state index is 4.74. The number of hydrogen-bond donors (Lipinski definition) is 1. The van der Waals surface area contributed by atoms with Gasteiger partial charge in [0.15, 0.2) is 0 Å². The summed E-state index contributed by atoms with van der Waals surface area (Å²) in [6.07, 6.45) is 5.65. The molecule has 1 aromatic rings. The first-order chi connectivity index (χ1) is 8.95. The molecule has 1 aliphatic rings. The van der Waals surface area contributed by atoms with Gasteiger partial charge in [-0.05, 0) is 31.2 Å². The lowest BCUT2D eigenvalue weighted by molar-refractivity contribution is 0.274. The molecule has 0 amide bonds. The van der Waals surface area contributed by atoms with Crippen LogP contribution in [0.4, 0.5) is 0 Å². The molecule has 1 saturated carbocycles. The molecule has 0 spiro atoms. The van der Waals surface area contributed by atoms with Crippen molar-refractivity contribution in [1.82, 2.24) is 10.3 Å². The summed E-state index contributed by atoms with van der Waals surface area (Å²) in [6, 6.07) is 0. The number of nitrogens with one attached hydrogen (secondary N) is 1. The van der Waals surface area contributed by atoms with Gasteiger partial charge in [0.25, 0.3) is 0 Å². The van der Waals surface area contributed by atoms with Gasteiger partial charge in [-0.3, -0.25) is 0 Å². The molecule has 2 nitrogen and oxygen atoms in total. The number of aromatic nitrogens is 1. The lowest BCUT2D eigenvalue weighted by atomic mass is 9.82. The molecule has 0 radical (unpaired) electrons. The number of hydrogen-bond acceptors (Lipinski definition) is 3. The third-order valence-corrected chi connectivity index (χ3v) is 4.92. The fourth-order valence-corrected chi connectivity index (χ4v) is 3.86. The van der Waals surface area contributed by atoms with Crippen molar-refractivity contribution in [3.63, 3.8) is 0 Å². The molecule has 19 heavy (non-hydrogen) atoms. The van der Waals surface area contributed by atoms with Crippen molar-refractivity contribution in [2.45, 2.75) is 65.3 Å². The largest absolute Gasteiger partial charge is 0.310 e. The minimum absolute atomic E-state index is 0.174. The Kier molecular flexibility index (Phi) is 5.02. The first-order valence-corrected chi connectivity index (χ1v) is 8.48. The minimum atomic E-state index is 0.174. The van der Waals surface area contributed by atoms with Crippen LogP contribution in [0.5, 0.6) is 0 Å². The highest BCUT2D eigenvalue weighted by Gasteiger charge is 2.19. The lowest BCUT2D eigenvalue weighted by Gasteiger charge is -2.26. The summed E-state index contributed by atoms with van der Waals surface area (Å²) < 4.78 is 0. The number of nitrogens with zero attached hydrogens (tertiary/aromatic N) is 1. The average Bonchev–Trinajstić information content (AvgIpc) is 2.77. The van der Waals surface area contributed by atoms with Crippen molar-refractivity contribution in [1.29, 1.82) is 0 Å². The molecular formula is C16H28N2S. The number of thiazole rings is 1. The highest BCUT2D eigenvalue weighted by atomic mass is 32.1. The van der Waals surface area contributed by atoms with Crippen molar-refractivity contribution in [3.05, 3.63) is 16.1 Å². The predicted molar refractivity (Wildman–Crippen MR) is 83.6 cm³/mol. The summed E-state index contributed by atoms with van der Waals surface area (Å²) in [7, 11) is 0. The zero-order valence-corrected chi connectivity index (χ0v) is 13.6. The topological polar surface area (TPSA) is 24.9 Å². The zero-order valence-electron chi connectivity index (χ0n) is 12.8. The smallest absolute Gasteiger partial charge is 0.107 e. The van der Waals surface area contributed by atoms with Crippen molar-refractivity contribution in [2.75, 3.05) is 6.54 Å². The molecule has 1 aromatic heterocycles. The quantitative estimate of drug-likeness (QED) is 0.886. The van der Waals surface area contributed by atoms with Gasteiger partial charge in [0.1, 0.15) is 5.01 Å².